The Kier molecular flexibility index (Phi) is 7.60. The molecule has 0 radical (unpaired) electrons. The Balaban J connectivity index is 1.95. The van der Waals surface area contributed by atoms with E-state index < -0.39 is 10.0 Å². The molecule has 1 amide bonds. The van der Waals surface area contributed by atoms with Crippen molar-refractivity contribution in [3.63, 3.8) is 0 Å². The van der Waals surface area contributed by atoms with Gasteiger partial charge in [0, 0.05) is 30.4 Å². The van der Waals surface area contributed by atoms with E-state index in [0.717, 1.165) is 17.8 Å². The van der Waals surface area contributed by atoms with Crippen LogP contribution in [-0.2, 0) is 22.3 Å². The highest BCUT2D eigenvalue weighted by molar-refractivity contribution is 7.88. The van der Waals surface area contributed by atoms with Gasteiger partial charge in [-0.15, -0.1) is 0 Å². The number of sulfonamides is 1. The molecule has 6 nitrogen and oxygen atoms in total. The Bertz CT molecular complexity index is 876. The average molecular weight is 404 g/mol. The SMILES string of the molecule is CCN(c1ccc(C(=O)NCc2ccc(CS(=O)(=O)NC)cc2)cc1)C(C)C. The second-order valence-electron chi connectivity index (χ2n) is 6.89. The fraction of sp³-hybridized carbons (Fsp3) is 0.381. The summed E-state index contributed by atoms with van der Waals surface area (Å²) in [4.78, 5) is 14.6. The largest absolute Gasteiger partial charge is 0.369 e. The van der Waals surface area contributed by atoms with Crippen molar-refractivity contribution in [3.05, 3.63) is 65.2 Å². The topological polar surface area (TPSA) is 78.5 Å². The minimum Gasteiger partial charge on any atom is -0.369 e. The second-order valence-corrected chi connectivity index (χ2v) is 8.82. The molecule has 0 spiro atoms. The number of anilines is 1. The Morgan fingerprint density at radius 2 is 1.57 bits per heavy atom. The normalized spacial score (nSPS) is 11.5. The molecule has 0 atom stereocenters. The number of hydrogen-bond donors (Lipinski definition) is 2. The zero-order valence-electron chi connectivity index (χ0n) is 16.9. The molecular weight excluding hydrogens is 374 g/mol. The molecule has 7 heteroatoms. The van der Waals surface area contributed by atoms with Gasteiger partial charge in [0.05, 0.1) is 5.75 Å². The molecule has 152 valence electrons. The van der Waals surface area contributed by atoms with Gasteiger partial charge in [0.1, 0.15) is 0 Å². The van der Waals surface area contributed by atoms with Crippen LogP contribution in [0.2, 0.25) is 0 Å². The molecule has 2 N–H and O–H groups in total. The van der Waals surface area contributed by atoms with Crippen LogP contribution in [0.1, 0.15) is 42.3 Å². The van der Waals surface area contributed by atoms with E-state index in [1.165, 1.54) is 7.05 Å². The summed E-state index contributed by atoms with van der Waals surface area (Å²) in [6, 6.07) is 15.2. The fourth-order valence-corrected chi connectivity index (χ4v) is 3.76. The van der Waals surface area contributed by atoms with Crippen LogP contribution in [0.25, 0.3) is 0 Å². The number of carbonyl (C=O) groups excluding carboxylic acids is 1. The molecule has 0 aliphatic heterocycles. The van der Waals surface area contributed by atoms with Crippen LogP contribution in [0.5, 0.6) is 0 Å². The van der Waals surface area contributed by atoms with Gasteiger partial charge in [-0.1, -0.05) is 24.3 Å². The molecule has 2 rings (SSSR count). The maximum Gasteiger partial charge on any atom is 0.251 e. The lowest BCUT2D eigenvalue weighted by atomic mass is 10.1. The molecular formula is C21H29N3O3S. The molecule has 2 aromatic rings. The third-order valence-electron chi connectivity index (χ3n) is 4.57. The summed E-state index contributed by atoms with van der Waals surface area (Å²) in [6.45, 7) is 7.69. The van der Waals surface area contributed by atoms with E-state index >= 15 is 0 Å². The molecule has 28 heavy (non-hydrogen) atoms. The van der Waals surface area contributed by atoms with Crippen LogP contribution < -0.4 is 14.9 Å². The van der Waals surface area contributed by atoms with Gasteiger partial charge in [0.15, 0.2) is 0 Å². The third-order valence-corrected chi connectivity index (χ3v) is 5.90. The first-order chi connectivity index (χ1) is 13.3. The Hall–Kier alpha value is -2.38. The number of carbonyl (C=O) groups is 1. The van der Waals surface area contributed by atoms with Crippen molar-refractivity contribution < 1.29 is 13.2 Å². The van der Waals surface area contributed by atoms with Crippen molar-refractivity contribution in [3.8, 4) is 0 Å². The Morgan fingerprint density at radius 1 is 1.00 bits per heavy atom. The Labute approximate surface area is 168 Å². The predicted octanol–water partition coefficient (Wildman–Crippen LogP) is 2.90. The minimum atomic E-state index is -3.29. The van der Waals surface area contributed by atoms with E-state index in [1.807, 2.05) is 36.4 Å². The lowest BCUT2D eigenvalue weighted by molar-refractivity contribution is 0.0951. The summed E-state index contributed by atoms with van der Waals surface area (Å²) < 4.78 is 25.4. The van der Waals surface area contributed by atoms with Crippen LogP contribution >= 0.6 is 0 Å². The number of benzene rings is 2. The molecule has 0 bridgehead atoms. The first-order valence-electron chi connectivity index (χ1n) is 9.39. The van der Waals surface area contributed by atoms with E-state index in [-0.39, 0.29) is 11.7 Å². The van der Waals surface area contributed by atoms with Crippen molar-refractivity contribution in [2.45, 2.75) is 39.1 Å². The van der Waals surface area contributed by atoms with Gasteiger partial charge in [0.25, 0.3) is 5.91 Å². The highest BCUT2D eigenvalue weighted by Crippen LogP contribution is 2.18. The molecule has 0 heterocycles. The first kappa shape index (κ1) is 21.9. The quantitative estimate of drug-likeness (QED) is 0.675. The van der Waals surface area contributed by atoms with Crippen molar-refractivity contribution >= 4 is 21.6 Å². The predicted molar refractivity (Wildman–Crippen MR) is 114 cm³/mol. The summed E-state index contributed by atoms with van der Waals surface area (Å²) >= 11 is 0. The third kappa shape index (κ3) is 6.07. The van der Waals surface area contributed by atoms with Gasteiger partial charge in [0.2, 0.25) is 10.0 Å². The number of nitrogens with zero attached hydrogens (tertiary/aromatic N) is 1. The second kappa shape index (κ2) is 9.71. The molecule has 0 aliphatic carbocycles. The van der Waals surface area contributed by atoms with Gasteiger partial charge in [-0.3, -0.25) is 4.79 Å². The van der Waals surface area contributed by atoms with Gasteiger partial charge in [-0.25, -0.2) is 13.1 Å². The van der Waals surface area contributed by atoms with E-state index in [4.69, 9.17) is 0 Å². The van der Waals surface area contributed by atoms with Gasteiger partial charge in [-0.05, 0) is 63.2 Å². The van der Waals surface area contributed by atoms with Gasteiger partial charge < -0.3 is 10.2 Å². The smallest absolute Gasteiger partial charge is 0.251 e. The lowest BCUT2D eigenvalue weighted by Gasteiger charge is -2.27. The van der Waals surface area contributed by atoms with Crippen molar-refractivity contribution in [1.82, 2.24) is 10.0 Å². The van der Waals surface area contributed by atoms with Crippen LogP contribution in [-0.4, -0.2) is 34.0 Å². The van der Waals surface area contributed by atoms with Crippen LogP contribution in [0.4, 0.5) is 5.69 Å². The van der Waals surface area contributed by atoms with Crippen LogP contribution in [0, 0.1) is 0 Å². The number of amides is 1. The first-order valence-corrected chi connectivity index (χ1v) is 11.0. The molecule has 0 aliphatic rings. The van der Waals surface area contributed by atoms with Crippen LogP contribution in [0.15, 0.2) is 48.5 Å². The monoisotopic (exact) mass is 403 g/mol. The number of nitrogens with one attached hydrogen (secondary N) is 2. The van der Waals surface area contributed by atoms with E-state index in [9.17, 15) is 13.2 Å². The standard InChI is InChI=1S/C21H29N3O3S/c1-5-24(16(2)3)20-12-10-19(11-13-20)21(25)23-14-17-6-8-18(9-7-17)15-28(26,27)22-4/h6-13,16,22H,5,14-15H2,1-4H3,(H,23,25). The summed E-state index contributed by atoms with van der Waals surface area (Å²) in [5.74, 6) is -0.200. The number of rotatable bonds is 9. The van der Waals surface area contributed by atoms with E-state index in [0.29, 0.717) is 23.7 Å². The molecule has 0 unspecified atom stereocenters. The lowest BCUT2D eigenvalue weighted by Crippen LogP contribution is -2.30. The van der Waals surface area contributed by atoms with Crippen molar-refractivity contribution in [1.29, 1.82) is 0 Å². The highest BCUT2D eigenvalue weighted by Gasteiger charge is 2.11. The molecule has 0 fully saturated rings. The van der Waals surface area contributed by atoms with Crippen molar-refractivity contribution in [2.24, 2.45) is 0 Å². The molecule has 0 aromatic heterocycles. The van der Waals surface area contributed by atoms with Crippen molar-refractivity contribution in [2.75, 3.05) is 18.5 Å². The fourth-order valence-electron chi connectivity index (χ4n) is 2.98. The summed E-state index contributed by atoms with van der Waals surface area (Å²) in [6.07, 6.45) is 0. The Morgan fingerprint density at radius 3 is 2.07 bits per heavy atom. The number of hydrogen-bond acceptors (Lipinski definition) is 4. The average Bonchev–Trinajstić information content (AvgIpc) is 2.68. The maximum atomic E-state index is 12.4. The van der Waals surface area contributed by atoms with E-state index in [1.54, 1.807) is 12.1 Å². The van der Waals surface area contributed by atoms with E-state index in [2.05, 4.69) is 35.7 Å². The zero-order chi connectivity index (χ0) is 20.7. The van der Waals surface area contributed by atoms with Gasteiger partial charge >= 0.3 is 0 Å². The summed E-state index contributed by atoms with van der Waals surface area (Å²) in [7, 11) is -1.89. The molecule has 0 saturated carbocycles. The molecule has 0 saturated heterocycles. The zero-order valence-corrected chi connectivity index (χ0v) is 17.7. The minimum absolute atomic E-state index is 0.0619. The van der Waals surface area contributed by atoms with Crippen LogP contribution in [0.3, 0.4) is 0 Å². The maximum absolute atomic E-state index is 12.4. The summed E-state index contributed by atoms with van der Waals surface area (Å²) in [5, 5.41) is 2.90. The van der Waals surface area contributed by atoms with Gasteiger partial charge in [-0.2, -0.15) is 0 Å². The summed E-state index contributed by atoms with van der Waals surface area (Å²) in [5.41, 5.74) is 3.32. The highest BCUT2D eigenvalue weighted by atomic mass is 32.2. The molecule has 2 aromatic carbocycles.